The van der Waals surface area contributed by atoms with Crippen LogP contribution in [-0.4, -0.2) is 87.5 Å². The summed E-state index contributed by atoms with van der Waals surface area (Å²) in [4.78, 5) is 38.8. The standard InChI is InChI=1S/C30H50N2O9/c1-3-4-5-6-7-8-9-10-11-12-13-15-21(40-29-28(37)27(36)26(35)20(2)39-29)18-24(33)31-25(34)19-23-22-16-14-17-32(22)30(38)41-23/h19-22,26-29,35-37H,3-18H2,1-2H3,(H,31,33,34)/b23-19+/t20-,21-,22+,26-,27+,28+,29-/m0/s1. The molecule has 3 heterocycles. The molecule has 0 aromatic rings. The molecule has 41 heavy (non-hydrogen) atoms. The summed E-state index contributed by atoms with van der Waals surface area (Å²) in [6.07, 6.45) is 8.55. The number of aliphatic hydroxyl groups excluding tert-OH is 3. The van der Waals surface area contributed by atoms with Gasteiger partial charge >= 0.3 is 6.09 Å². The van der Waals surface area contributed by atoms with Crippen molar-refractivity contribution < 1.29 is 43.9 Å². The number of unbranched alkanes of at least 4 members (excludes halogenated alkanes) is 10. The summed E-state index contributed by atoms with van der Waals surface area (Å²) in [7, 11) is 0. The van der Waals surface area contributed by atoms with Crippen molar-refractivity contribution in [1.29, 1.82) is 0 Å². The zero-order chi connectivity index (χ0) is 29.8. The van der Waals surface area contributed by atoms with Gasteiger partial charge in [-0.25, -0.2) is 4.79 Å². The Bertz CT molecular complexity index is 882. The van der Waals surface area contributed by atoms with Crippen LogP contribution in [0.4, 0.5) is 4.79 Å². The Hall–Kier alpha value is -2.05. The first-order valence-electron chi connectivity index (χ1n) is 15.6. The third-order valence-corrected chi connectivity index (χ3v) is 8.23. The van der Waals surface area contributed by atoms with E-state index in [-0.39, 0.29) is 18.2 Å². The predicted molar refractivity (Wildman–Crippen MR) is 150 cm³/mol. The zero-order valence-corrected chi connectivity index (χ0v) is 24.7. The Morgan fingerprint density at radius 3 is 2.29 bits per heavy atom. The maximum Gasteiger partial charge on any atom is 0.415 e. The van der Waals surface area contributed by atoms with Crippen LogP contribution >= 0.6 is 0 Å². The number of ether oxygens (including phenoxy) is 3. The SMILES string of the molecule is CCCCCCCCCCCCC[C@@H](CC(=O)NC(=O)/C=C1/OC(=O)N2CCC[C@H]12)O[C@@H]1O[C@@H](C)[C@H](O)[C@@H](O)[C@H]1O. The van der Waals surface area contributed by atoms with Crippen molar-refractivity contribution in [1.82, 2.24) is 10.2 Å². The lowest BCUT2D eigenvalue weighted by molar-refractivity contribution is -0.304. The topological polar surface area (TPSA) is 155 Å². The van der Waals surface area contributed by atoms with Gasteiger partial charge in [-0.2, -0.15) is 0 Å². The molecule has 7 atom stereocenters. The monoisotopic (exact) mass is 582 g/mol. The molecule has 3 rings (SSSR count). The van der Waals surface area contributed by atoms with E-state index in [0.717, 1.165) is 38.2 Å². The van der Waals surface area contributed by atoms with Crippen molar-refractivity contribution in [3.8, 4) is 0 Å². The van der Waals surface area contributed by atoms with Crippen molar-refractivity contribution in [3.05, 3.63) is 11.8 Å². The van der Waals surface area contributed by atoms with E-state index in [2.05, 4.69) is 12.2 Å². The minimum atomic E-state index is -1.48. The molecule has 0 radical (unpaired) electrons. The number of nitrogens with zero attached hydrogens (tertiary/aromatic N) is 1. The van der Waals surface area contributed by atoms with Gasteiger partial charge in [0.15, 0.2) is 6.29 Å². The lowest BCUT2D eigenvalue weighted by Crippen LogP contribution is -2.58. The number of imide groups is 1. The average Bonchev–Trinajstić information content (AvgIpc) is 3.53. The molecule has 4 N–H and O–H groups in total. The number of amides is 3. The number of carbonyl (C=O) groups excluding carboxylic acids is 3. The van der Waals surface area contributed by atoms with Gasteiger partial charge < -0.3 is 29.5 Å². The van der Waals surface area contributed by atoms with Crippen LogP contribution in [0.1, 0.15) is 110 Å². The Morgan fingerprint density at radius 1 is 1.00 bits per heavy atom. The predicted octanol–water partition coefficient (Wildman–Crippen LogP) is 3.43. The summed E-state index contributed by atoms with van der Waals surface area (Å²) in [5.41, 5.74) is 0. The number of carbonyl (C=O) groups is 3. The van der Waals surface area contributed by atoms with Gasteiger partial charge in [0.2, 0.25) is 5.91 Å². The first kappa shape index (κ1) is 33.5. The molecule has 3 aliphatic heterocycles. The van der Waals surface area contributed by atoms with Crippen LogP contribution in [0.2, 0.25) is 0 Å². The first-order chi connectivity index (χ1) is 19.7. The fourth-order valence-electron chi connectivity index (χ4n) is 5.76. The molecule has 0 aromatic carbocycles. The van der Waals surface area contributed by atoms with E-state index in [4.69, 9.17) is 14.2 Å². The molecule has 11 heteroatoms. The highest BCUT2D eigenvalue weighted by atomic mass is 16.7. The molecule has 3 fully saturated rings. The number of hydrogen-bond donors (Lipinski definition) is 4. The minimum Gasteiger partial charge on any atom is -0.412 e. The summed E-state index contributed by atoms with van der Waals surface area (Å²) in [5.74, 6) is -1.01. The molecule has 234 valence electrons. The number of nitrogens with one attached hydrogen (secondary N) is 1. The largest absolute Gasteiger partial charge is 0.415 e. The van der Waals surface area contributed by atoms with Crippen LogP contribution in [0.5, 0.6) is 0 Å². The molecule has 0 saturated carbocycles. The van der Waals surface area contributed by atoms with Crippen molar-refractivity contribution in [2.45, 2.75) is 153 Å². The van der Waals surface area contributed by atoms with Crippen molar-refractivity contribution in [2.75, 3.05) is 6.54 Å². The van der Waals surface area contributed by atoms with Crippen LogP contribution in [0.3, 0.4) is 0 Å². The second-order valence-electron chi connectivity index (χ2n) is 11.6. The Morgan fingerprint density at radius 2 is 1.63 bits per heavy atom. The van der Waals surface area contributed by atoms with Crippen LogP contribution in [0, 0.1) is 0 Å². The van der Waals surface area contributed by atoms with E-state index in [1.807, 2.05) is 0 Å². The molecule has 0 spiro atoms. The highest BCUT2D eigenvalue weighted by Gasteiger charge is 2.44. The van der Waals surface area contributed by atoms with Crippen LogP contribution in [0.15, 0.2) is 11.8 Å². The van der Waals surface area contributed by atoms with Gasteiger partial charge in [0, 0.05) is 12.6 Å². The van der Waals surface area contributed by atoms with E-state index in [1.165, 1.54) is 44.9 Å². The van der Waals surface area contributed by atoms with Gasteiger partial charge in [0.05, 0.1) is 24.7 Å². The third kappa shape index (κ3) is 10.3. The number of cyclic esters (lactones) is 1. The Balaban J connectivity index is 1.47. The number of aliphatic hydroxyl groups is 3. The molecule has 11 nitrogen and oxygen atoms in total. The summed E-state index contributed by atoms with van der Waals surface area (Å²) < 4.78 is 16.7. The van der Waals surface area contributed by atoms with Crippen molar-refractivity contribution in [2.24, 2.45) is 0 Å². The lowest BCUT2D eigenvalue weighted by atomic mass is 9.99. The van der Waals surface area contributed by atoms with Crippen molar-refractivity contribution in [3.63, 3.8) is 0 Å². The van der Waals surface area contributed by atoms with Gasteiger partial charge in [-0.05, 0) is 26.2 Å². The van der Waals surface area contributed by atoms with Gasteiger partial charge in [-0.15, -0.1) is 0 Å². The third-order valence-electron chi connectivity index (χ3n) is 8.23. The second kappa shape index (κ2) is 17.2. The van der Waals surface area contributed by atoms with Crippen LogP contribution < -0.4 is 5.32 Å². The van der Waals surface area contributed by atoms with Gasteiger partial charge in [-0.1, -0.05) is 77.6 Å². The maximum atomic E-state index is 12.8. The van der Waals surface area contributed by atoms with E-state index >= 15 is 0 Å². The molecule has 3 aliphatic rings. The normalized spacial score (nSPS) is 29.4. The average molecular weight is 583 g/mol. The summed E-state index contributed by atoms with van der Waals surface area (Å²) in [6, 6.07) is -0.269. The summed E-state index contributed by atoms with van der Waals surface area (Å²) in [6.45, 7) is 4.37. The highest BCUT2D eigenvalue weighted by Crippen LogP contribution is 2.31. The van der Waals surface area contributed by atoms with E-state index in [9.17, 15) is 29.7 Å². The quantitative estimate of drug-likeness (QED) is 0.149. The molecule has 0 unspecified atom stereocenters. The van der Waals surface area contributed by atoms with E-state index < -0.39 is 54.7 Å². The highest BCUT2D eigenvalue weighted by molar-refractivity contribution is 6.01. The second-order valence-corrected chi connectivity index (χ2v) is 11.6. The number of fused-ring (bicyclic) bond motifs is 1. The van der Waals surface area contributed by atoms with Gasteiger partial charge in [0.25, 0.3) is 5.91 Å². The Labute approximate surface area is 243 Å². The Kier molecular flexibility index (Phi) is 14.0. The van der Waals surface area contributed by atoms with Gasteiger partial charge in [-0.3, -0.25) is 19.8 Å². The molecular formula is C30H50N2O9. The van der Waals surface area contributed by atoms with Crippen molar-refractivity contribution >= 4 is 17.9 Å². The number of rotatable bonds is 17. The van der Waals surface area contributed by atoms with E-state index in [1.54, 1.807) is 11.8 Å². The lowest BCUT2D eigenvalue weighted by Gasteiger charge is -2.40. The molecular weight excluding hydrogens is 532 g/mol. The number of hydrogen-bond acceptors (Lipinski definition) is 9. The molecule has 0 aliphatic carbocycles. The van der Waals surface area contributed by atoms with Crippen LogP contribution in [-0.2, 0) is 23.8 Å². The minimum absolute atomic E-state index is 0.165. The van der Waals surface area contributed by atoms with Gasteiger partial charge in [0.1, 0.15) is 24.1 Å². The molecule has 0 bridgehead atoms. The van der Waals surface area contributed by atoms with E-state index in [0.29, 0.717) is 19.4 Å². The summed E-state index contributed by atoms with van der Waals surface area (Å²) in [5, 5.41) is 32.9. The van der Waals surface area contributed by atoms with Crippen LogP contribution in [0.25, 0.3) is 0 Å². The summed E-state index contributed by atoms with van der Waals surface area (Å²) >= 11 is 0. The first-order valence-corrected chi connectivity index (χ1v) is 15.6. The molecule has 3 amide bonds. The molecule has 3 saturated heterocycles. The maximum absolute atomic E-state index is 12.8. The zero-order valence-electron chi connectivity index (χ0n) is 24.7. The molecule has 0 aromatic heterocycles. The fraction of sp³-hybridized carbons (Fsp3) is 0.833. The smallest absolute Gasteiger partial charge is 0.412 e. The fourth-order valence-corrected chi connectivity index (χ4v) is 5.76.